The van der Waals surface area contributed by atoms with Gasteiger partial charge in [0.1, 0.15) is 11.6 Å². The fourth-order valence-electron chi connectivity index (χ4n) is 3.07. The van der Waals surface area contributed by atoms with Gasteiger partial charge in [0.15, 0.2) is 0 Å². The van der Waals surface area contributed by atoms with E-state index < -0.39 is 17.5 Å². The Morgan fingerprint density at radius 3 is 2.55 bits per heavy atom. The average Bonchev–Trinajstić information content (AvgIpc) is 3.03. The molecule has 2 aliphatic heterocycles. The molecule has 122 valence electrons. The number of nitrogens with zero attached hydrogens (tertiary/aromatic N) is 2. The molecule has 0 bridgehead atoms. The Bertz CT molecular complexity index is 530. The molecular weight excluding hydrogens is 312 g/mol. The normalized spacial score (nSPS) is 22.5. The second kappa shape index (κ2) is 7.35. The van der Waals surface area contributed by atoms with Crippen LogP contribution in [0, 0.1) is 11.6 Å². The molecule has 2 aliphatic rings. The molecule has 3 rings (SSSR count). The molecule has 22 heavy (non-hydrogen) atoms. The van der Waals surface area contributed by atoms with Crippen molar-refractivity contribution in [2.45, 2.75) is 12.5 Å². The van der Waals surface area contributed by atoms with E-state index in [1.54, 1.807) is 4.90 Å². The molecule has 1 aromatic rings. The third-order valence-corrected chi connectivity index (χ3v) is 4.31. The molecule has 0 aliphatic carbocycles. The largest absolute Gasteiger partial charge is 0.336 e. The first-order valence-corrected chi connectivity index (χ1v) is 7.34. The van der Waals surface area contributed by atoms with Crippen LogP contribution in [0.2, 0.25) is 0 Å². The van der Waals surface area contributed by atoms with Crippen molar-refractivity contribution in [3.63, 3.8) is 0 Å². The van der Waals surface area contributed by atoms with Gasteiger partial charge >= 0.3 is 0 Å². The molecule has 0 saturated carbocycles. The molecule has 1 atom stereocenters. The predicted molar refractivity (Wildman–Crippen MR) is 82.4 cm³/mol. The Kier molecular flexibility index (Phi) is 5.72. The number of halogens is 3. The van der Waals surface area contributed by atoms with Crippen LogP contribution >= 0.6 is 12.4 Å². The first-order chi connectivity index (χ1) is 10.1. The molecule has 2 fully saturated rings. The molecule has 1 unspecified atom stereocenters. The van der Waals surface area contributed by atoms with Crippen molar-refractivity contribution in [3.8, 4) is 0 Å². The highest BCUT2D eigenvalue weighted by Gasteiger charge is 2.29. The van der Waals surface area contributed by atoms with Gasteiger partial charge in [0.2, 0.25) is 0 Å². The topological polar surface area (TPSA) is 35.6 Å². The van der Waals surface area contributed by atoms with Crippen molar-refractivity contribution < 1.29 is 13.6 Å². The van der Waals surface area contributed by atoms with E-state index in [0.717, 1.165) is 50.8 Å². The Morgan fingerprint density at radius 1 is 1.18 bits per heavy atom. The van der Waals surface area contributed by atoms with Gasteiger partial charge in [0, 0.05) is 38.8 Å². The Labute approximate surface area is 134 Å². The Balaban J connectivity index is 0.00000176. The molecule has 0 radical (unpaired) electrons. The summed E-state index contributed by atoms with van der Waals surface area (Å²) >= 11 is 0. The van der Waals surface area contributed by atoms with E-state index >= 15 is 0 Å². The van der Waals surface area contributed by atoms with Crippen molar-refractivity contribution in [2.75, 3.05) is 39.3 Å². The first kappa shape index (κ1) is 17.1. The zero-order valence-electron chi connectivity index (χ0n) is 12.2. The number of hydrogen-bond donors (Lipinski definition) is 1. The maximum atomic E-state index is 13.7. The third-order valence-electron chi connectivity index (χ3n) is 4.31. The zero-order valence-corrected chi connectivity index (χ0v) is 13.0. The lowest BCUT2D eigenvalue weighted by Gasteiger charge is -2.37. The maximum absolute atomic E-state index is 13.7. The van der Waals surface area contributed by atoms with Crippen LogP contribution in [0.5, 0.6) is 0 Å². The number of rotatable bonds is 2. The van der Waals surface area contributed by atoms with Crippen molar-refractivity contribution in [1.82, 2.24) is 15.1 Å². The van der Waals surface area contributed by atoms with Crippen LogP contribution < -0.4 is 5.32 Å². The molecule has 2 saturated heterocycles. The van der Waals surface area contributed by atoms with Crippen LogP contribution in [0.4, 0.5) is 8.78 Å². The average molecular weight is 332 g/mol. The number of amides is 1. The summed E-state index contributed by atoms with van der Waals surface area (Å²) in [6.07, 6.45) is 1.13. The van der Waals surface area contributed by atoms with E-state index in [-0.39, 0.29) is 18.0 Å². The summed E-state index contributed by atoms with van der Waals surface area (Å²) in [4.78, 5) is 16.3. The molecule has 1 aromatic carbocycles. The second-order valence-electron chi connectivity index (χ2n) is 5.60. The van der Waals surface area contributed by atoms with Crippen molar-refractivity contribution >= 4 is 18.3 Å². The second-order valence-corrected chi connectivity index (χ2v) is 5.60. The molecular formula is C15H20ClF2N3O. The van der Waals surface area contributed by atoms with Gasteiger partial charge < -0.3 is 10.2 Å². The highest BCUT2D eigenvalue weighted by atomic mass is 35.5. The van der Waals surface area contributed by atoms with E-state index in [2.05, 4.69) is 10.2 Å². The molecule has 0 aromatic heterocycles. The summed E-state index contributed by atoms with van der Waals surface area (Å²) in [7, 11) is 0. The van der Waals surface area contributed by atoms with Crippen LogP contribution in [0.3, 0.4) is 0 Å². The highest BCUT2D eigenvalue weighted by Crippen LogP contribution is 2.16. The minimum atomic E-state index is -0.663. The molecule has 1 amide bonds. The van der Waals surface area contributed by atoms with Gasteiger partial charge in [-0.3, -0.25) is 9.69 Å². The number of benzene rings is 1. The van der Waals surface area contributed by atoms with Gasteiger partial charge in [-0.15, -0.1) is 12.4 Å². The number of piperazine rings is 1. The summed E-state index contributed by atoms with van der Waals surface area (Å²) in [6.45, 7) is 4.73. The van der Waals surface area contributed by atoms with E-state index in [9.17, 15) is 13.6 Å². The maximum Gasteiger partial charge on any atom is 0.257 e. The van der Waals surface area contributed by atoms with Crippen molar-refractivity contribution in [3.05, 3.63) is 35.4 Å². The molecule has 7 heteroatoms. The lowest BCUT2D eigenvalue weighted by atomic mass is 10.1. The van der Waals surface area contributed by atoms with Crippen molar-refractivity contribution in [1.29, 1.82) is 0 Å². The van der Waals surface area contributed by atoms with Crippen LogP contribution in [0.1, 0.15) is 16.8 Å². The summed E-state index contributed by atoms with van der Waals surface area (Å²) in [6, 6.07) is 3.54. The van der Waals surface area contributed by atoms with E-state index in [4.69, 9.17) is 0 Å². The van der Waals surface area contributed by atoms with E-state index in [0.29, 0.717) is 19.1 Å². The van der Waals surface area contributed by atoms with Gasteiger partial charge in [-0.2, -0.15) is 0 Å². The summed E-state index contributed by atoms with van der Waals surface area (Å²) in [5.41, 5.74) is -0.175. The highest BCUT2D eigenvalue weighted by molar-refractivity contribution is 5.94. The summed E-state index contributed by atoms with van der Waals surface area (Å²) in [5.74, 6) is -1.67. The predicted octanol–water partition coefficient (Wildman–Crippen LogP) is 1.51. The molecule has 1 N–H and O–H groups in total. The SMILES string of the molecule is Cl.O=C(c1cc(F)ccc1F)N1CCN(C2CCNC2)CC1. The van der Waals surface area contributed by atoms with Crippen LogP contribution in [-0.4, -0.2) is 61.0 Å². The lowest BCUT2D eigenvalue weighted by molar-refractivity contribution is 0.0579. The zero-order chi connectivity index (χ0) is 14.8. The van der Waals surface area contributed by atoms with Crippen molar-refractivity contribution in [2.24, 2.45) is 0 Å². The van der Waals surface area contributed by atoms with Gasteiger partial charge in [-0.1, -0.05) is 0 Å². The molecule has 2 heterocycles. The number of carbonyl (C=O) groups excluding carboxylic acids is 1. The summed E-state index contributed by atoms with van der Waals surface area (Å²) < 4.78 is 26.9. The third kappa shape index (κ3) is 3.56. The Morgan fingerprint density at radius 2 is 1.91 bits per heavy atom. The van der Waals surface area contributed by atoms with Crippen LogP contribution in [0.25, 0.3) is 0 Å². The Hall–Kier alpha value is -1.24. The quantitative estimate of drug-likeness (QED) is 0.892. The minimum absolute atomic E-state index is 0. The van der Waals surface area contributed by atoms with Gasteiger partial charge in [-0.25, -0.2) is 8.78 Å². The number of carbonyl (C=O) groups is 1. The number of nitrogens with one attached hydrogen (secondary N) is 1. The molecule has 0 spiro atoms. The van der Waals surface area contributed by atoms with E-state index in [1.165, 1.54) is 0 Å². The lowest BCUT2D eigenvalue weighted by Crippen LogP contribution is -2.52. The standard InChI is InChI=1S/C15H19F2N3O.ClH/c16-11-1-2-14(17)13(9-11)15(21)20-7-5-19(6-8-20)12-3-4-18-10-12;/h1-2,9,12,18H,3-8,10H2;1H. The fourth-order valence-corrected chi connectivity index (χ4v) is 3.07. The fraction of sp³-hybridized carbons (Fsp3) is 0.533. The smallest absolute Gasteiger partial charge is 0.257 e. The van der Waals surface area contributed by atoms with Gasteiger partial charge in [0.05, 0.1) is 5.56 Å². The van der Waals surface area contributed by atoms with Gasteiger partial charge in [0.25, 0.3) is 5.91 Å². The molecule has 4 nitrogen and oxygen atoms in total. The van der Waals surface area contributed by atoms with Crippen LogP contribution in [-0.2, 0) is 0 Å². The minimum Gasteiger partial charge on any atom is -0.336 e. The van der Waals surface area contributed by atoms with E-state index in [1.807, 2.05) is 0 Å². The van der Waals surface area contributed by atoms with Crippen LogP contribution in [0.15, 0.2) is 18.2 Å². The van der Waals surface area contributed by atoms with Gasteiger partial charge in [-0.05, 0) is 31.2 Å². The monoisotopic (exact) mass is 331 g/mol. The summed E-state index contributed by atoms with van der Waals surface area (Å²) in [5, 5.41) is 3.33. The number of hydrogen-bond acceptors (Lipinski definition) is 3. The first-order valence-electron chi connectivity index (χ1n) is 7.34.